The Morgan fingerprint density at radius 2 is 2.09 bits per heavy atom. The van der Waals surface area contributed by atoms with Crippen molar-refractivity contribution in [2.24, 2.45) is 0 Å². The largest absolute Gasteiger partial charge is 0.481 e. The van der Waals surface area contributed by atoms with Crippen LogP contribution in [0, 0.1) is 5.82 Å². The topological polar surface area (TPSA) is 66.0 Å². The van der Waals surface area contributed by atoms with Crippen molar-refractivity contribution in [2.75, 3.05) is 0 Å². The standard InChI is InChI=1S/C15H15FN4O2/c1-11(21-13-5-3-12(16)4-6-13)15-19-18-14(22-15)7-10-20-9-2-8-17-20/h2-6,8-9,11H,7,10H2,1H3/t11-/m0/s1. The van der Waals surface area contributed by atoms with E-state index in [1.165, 1.54) is 12.1 Å². The first-order valence-electron chi connectivity index (χ1n) is 6.92. The van der Waals surface area contributed by atoms with E-state index in [2.05, 4.69) is 15.3 Å². The summed E-state index contributed by atoms with van der Waals surface area (Å²) >= 11 is 0. The van der Waals surface area contributed by atoms with Crippen LogP contribution in [0.2, 0.25) is 0 Å². The minimum absolute atomic E-state index is 0.307. The predicted molar refractivity (Wildman–Crippen MR) is 75.7 cm³/mol. The lowest BCUT2D eigenvalue weighted by molar-refractivity contribution is 0.185. The smallest absolute Gasteiger partial charge is 0.256 e. The molecule has 0 radical (unpaired) electrons. The highest BCUT2D eigenvalue weighted by Crippen LogP contribution is 2.21. The number of benzene rings is 1. The van der Waals surface area contributed by atoms with Crippen molar-refractivity contribution in [3.8, 4) is 5.75 Å². The maximum atomic E-state index is 12.8. The van der Waals surface area contributed by atoms with Gasteiger partial charge in [-0.05, 0) is 37.3 Å². The molecule has 0 N–H and O–H groups in total. The van der Waals surface area contributed by atoms with Crippen LogP contribution in [0.25, 0.3) is 0 Å². The summed E-state index contributed by atoms with van der Waals surface area (Å²) in [5, 5.41) is 12.1. The fourth-order valence-corrected chi connectivity index (χ4v) is 1.94. The maximum absolute atomic E-state index is 12.8. The number of aryl methyl sites for hydroxylation is 2. The van der Waals surface area contributed by atoms with E-state index < -0.39 is 6.10 Å². The van der Waals surface area contributed by atoms with Crippen LogP contribution < -0.4 is 4.74 Å². The first-order chi connectivity index (χ1) is 10.7. The molecule has 2 aromatic heterocycles. The van der Waals surface area contributed by atoms with Gasteiger partial charge in [0.2, 0.25) is 5.89 Å². The molecule has 0 saturated carbocycles. The van der Waals surface area contributed by atoms with E-state index in [1.807, 2.05) is 12.3 Å². The summed E-state index contributed by atoms with van der Waals surface area (Å²) in [4.78, 5) is 0. The summed E-state index contributed by atoms with van der Waals surface area (Å²) in [5.41, 5.74) is 0. The van der Waals surface area contributed by atoms with Gasteiger partial charge in [-0.2, -0.15) is 5.10 Å². The minimum Gasteiger partial charge on any atom is -0.481 e. The second-order valence-electron chi connectivity index (χ2n) is 4.77. The van der Waals surface area contributed by atoms with Crippen LogP contribution in [0.5, 0.6) is 5.75 Å². The van der Waals surface area contributed by atoms with Gasteiger partial charge in [-0.25, -0.2) is 4.39 Å². The van der Waals surface area contributed by atoms with Gasteiger partial charge in [-0.1, -0.05) is 0 Å². The van der Waals surface area contributed by atoms with Gasteiger partial charge in [-0.15, -0.1) is 10.2 Å². The van der Waals surface area contributed by atoms with Crippen molar-refractivity contribution < 1.29 is 13.5 Å². The molecule has 3 aromatic rings. The fraction of sp³-hybridized carbons (Fsp3) is 0.267. The van der Waals surface area contributed by atoms with E-state index in [-0.39, 0.29) is 5.82 Å². The highest BCUT2D eigenvalue weighted by molar-refractivity contribution is 5.22. The maximum Gasteiger partial charge on any atom is 0.256 e. The number of ether oxygens (including phenoxy) is 1. The summed E-state index contributed by atoms with van der Waals surface area (Å²) in [7, 11) is 0. The lowest BCUT2D eigenvalue weighted by Gasteiger charge is -2.10. The van der Waals surface area contributed by atoms with E-state index in [9.17, 15) is 4.39 Å². The zero-order valence-electron chi connectivity index (χ0n) is 12.0. The molecule has 0 aliphatic carbocycles. The molecule has 6 nitrogen and oxygen atoms in total. The third-order valence-electron chi connectivity index (χ3n) is 3.07. The Morgan fingerprint density at radius 1 is 1.27 bits per heavy atom. The molecule has 3 rings (SSSR count). The van der Waals surface area contributed by atoms with Crippen LogP contribution in [0.1, 0.15) is 24.8 Å². The van der Waals surface area contributed by atoms with Crippen molar-refractivity contribution in [1.29, 1.82) is 0 Å². The average molecular weight is 302 g/mol. The lowest BCUT2D eigenvalue weighted by Crippen LogP contribution is -2.03. The number of hydrogen-bond acceptors (Lipinski definition) is 5. The highest BCUT2D eigenvalue weighted by Gasteiger charge is 2.15. The lowest BCUT2D eigenvalue weighted by atomic mass is 10.3. The molecule has 0 aliphatic heterocycles. The molecule has 0 bridgehead atoms. The van der Waals surface area contributed by atoms with Crippen molar-refractivity contribution >= 4 is 0 Å². The monoisotopic (exact) mass is 302 g/mol. The quantitative estimate of drug-likeness (QED) is 0.700. The number of aromatic nitrogens is 4. The molecule has 1 aromatic carbocycles. The van der Waals surface area contributed by atoms with Gasteiger partial charge in [0.1, 0.15) is 11.6 Å². The molecular formula is C15H15FN4O2. The SMILES string of the molecule is C[C@H](Oc1ccc(F)cc1)c1nnc(CCn2cccn2)o1. The third kappa shape index (κ3) is 3.49. The zero-order valence-corrected chi connectivity index (χ0v) is 12.0. The van der Waals surface area contributed by atoms with E-state index in [1.54, 1.807) is 29.9 Å². The number of halogens is 1. The molecule has 0 unspecified atom stereocenters. The molecule has 0 aliphatic rings. The molecule has 0 spiro atoms. The molecular weight excluding hydrogens is 287 g/mol. The van der Waals surface area contributed by atoms with E-state index >= 15 is 0 Å². The molecule has 0 amide bonds. The van der Waals surface area contributed by atoms with Gasteiger partial charge in [0.15, 0.2) is 6.10 Å². The number of rotatable bonds is 6. The van der Waals surface area contributed by atoms with Gasteiger partial charge in [0.25, 0.3) is 5.89 Å². The Morgan fingerprint density at radius 3 is 2.82 bits per heavy atom. The van der Waals surface area contributed by atoms with Crippen LogP contribution in [-0.2, 0) is 13.0 Å². The minimum atomic E-state index is -0.406. The highest BCUT2D eigenvalue weighted by atomic mass is 19.1. The number of hydrogen-bond donors (Lipinski definition) is 0. The second kappa shape index (κ2) is 6.38. The number of nitrogens with zero attached hydrogens (tertiary/aromatic N) is 4. The first kappa shape index (κ1) is 14.2. The zero-order chi connectivity index (χ0) is 15.4. The summed E-state index contributed by atoms with van der Waals surface area (Å²) < 4.78 is 25.9. The molecule has 0 saturated heterocycles. The van der Waals surface area contributed by atoms with E-state index in [4.69, 9.17) is 9.15 Å². The Bertz CT molecular complexity index is 709. The van der Waals surface area contributed by atoms with Crippen LogP contribution in [0.15, 0.2) is 47.1 Å². The van der Waals surface area contributed by atoms with E-state index in [0.29, 0.717) is 30.5 Å². The van der Waals surface area contributed by atoms with Crippen LogP contribution in [0.3, 0.4) is 0 Å². The van der Waals surface area contributed by atoms with Gasteiger partial charge >= 0.3 is 0 Å². The van der Waals surface area contributed by atoms with Crippen molar-refractivity contribution in [2.45, 2.75) is 26.0 Å². The van der Waals surface area contributed by atoms with Crippen molar-refractivity contribution in [3.63, 3.8) is 0 Å². The van der Waals surface area contributed by atoms with Gasteiger partial charge in [0.05, 0.1) is 0 Å². The molecule has 114 valence electrons. The second-order valence-corrected chi connectivity index (χ2v) is 4.77. The molecule has 1 atom stereocenters. The molecule has 0 fully saturated rings. The third-order valence-corrected chi connectivity index (χ3v) is 3.07. The van der Waals surface area contributed by atoms with Crippen molar-refractivity contribution in [3.05, 3.63) is 60.3 Å². The molecule has 7 heteroatoms. The Kier molecular flexibility index (Phi) is 4.13. The Labute approximate surface area is 126 Å². The van der Waals surface area contributed by atoms with Crippen LogP contribution >= 0.6 is 0 Å². The molecule has 22 heavy (non-hydrogen) atoms. The van der Waals surface area contributed by atoms with Gasteiger partial charge < -0.3 is 9.15 Å². The van der Waals surface area contributed by atoms with Crippen LogP contribution in [0.4, 0.5) is 4.39 Å². The molecule has 2 heterocycles. The first-order valence-corrected chi connectivity index (χ1v) is 6.92. The van der Waals surface area contributed by atoms with Gasteiger partial charge in [0, 0.05) is 25.4 Å². The normalized spacial score (nSPS) is 12.3. The van der Waals surface area contributed by atoms with Crippen LogP contribution in [-0.4, -0.2) is 20.0 Å². The van der Waals surface area contributed by atoms with E-state index in [0.717, 1.165) is 0 Å². The van der Waals surface area contributed by atoms with Crippen molar-refractivity contribution in [1.82, 2.24) is 20.0 Å². The Hall–Kier alpha value is -2.70. The summed E-state index contributed by atoms with van der Waals surface area (Å²) in [6.07, 6.45) is 3.78. The summed E-state index contributed by atoms with van der Waals surface area (Å²) in [6.45, 7) is 2.47. The average Bonchev–Trinajstić information content (AvgIpc) is 3.18. The summed E-state index contributed by atoms with van der Waals surface area (Å²) in [6, 6.07) is 7.65. The Balaban J connectivity index is 1.58. The summed E-state index contributed by atoms with van der Waals surface area (Å²) in [5.74, 6) is 1.16. The fourth-order valence-electron chi connectivity index (χ4n) is 1.94. The van der Waals surface area contributed by atoms with Gasteiger partial charge in [-0.3, -0.25) is 4.68 Å². The predicted octanol–water partition coefficient (Wildman–Crippen LogP) is 2.79.